The van der Waals surface area contributed by atoms with Gasteiger partial charge in [-0.15, -0.1) is 0 Å². The average molecular weight is 364 g/mol. The van der Waals surface area contributed by atoms with Crippen molar-refractivity contribution < 1.29 is 4.79 Å². The minimum Gasteiger partial charge on any atom is -0.340 e. The van der Waals surface area contributed by atoms with Gasteiger partial charge in [0.05, 0.1) is 24.0 Å². The SMILES string of the molecule is CCN(CC(=O)N(C)Cc1ccccc1)Cc1nc2ccccc2c(=O)[nH]1. The molecular formula is C21H24N4O2. The summed E-state index contributed by atoms with van der Waals surface area (Å²) >= 11 is 0. The van der Waals surface area contributed by atoms with Crippen molar-refractivity contribution in [2.24, 2.45) is 0 Å². The maximum atomic E-state index is 12.6. The highest BCUT2D eigenvalue weighted by atomic mass is 16.2. The Hall–Kier alpha value is -2.99. The molecule has 27 heavy (non-hydrogen) atoms. The van der Waals surface area contributed by atoms with Crippen LogP contribution in [0.25, 0.3) is 10.9 Å². The first-order valence-electron chi connectivity index (χ1n) is 9.05. The van der Waals surface area contributed by atoms with E-state index in [0.717, 1.165) is 5.56 Å². The van der Waals surface area contributed by atoms with Crippen molar-refractivity contribution in [3.8, 4) is 0 Å². The number of hydrogen-bond acceptors (Lipinski definition) is 4. The van der Waals surface area contributed by atoms with Crippen LogP contribution in [-0.2, 0) is 17.9 Å². The number of benzene rings is 2. The number of nitrogens with one attached hydrogen (secondary N) is 1. The zero-order valence-corrected chi connectivity index (χ0v) is 15.7. The van der Waals surface area contributed by atoms with Crippen LogP contribution < -0.4 is 5.56 Å². The molecule has 3 aromatic rings. The number of para-hydroxylation sites is 1. The van der Waals surface area contributed by atoms with E-state index in [9.17, 15) is 9.59 Å². The minimum absolute atomic E-state index is 0.0313. The molecule has 1 N–H and O–H groups in total. The monoisotopic (exact) mass is 364 g/mol. The normalized spacial score (nSPS) is 11.1. The molecule has 0 spiro atoms. The van der Waals surface area contributed by atoms with Crippen LogP contribution in [0.15, 0.2) is 59.4 Å². The van der Waals surface area contributed by atoms with Gasteiger partial charge >= 0.3 is 0 Å². The van der Waals surface area contributed by atoms with Gasteiger partial charge in [-0.1, -0.05) is 49.4 Å². The smallest absolute Gasteiger partial charge is 0.258 e. The van der Waals surface area contributed by atoms with Gasteiger partial charge in [-0.05, 0) is 24.2 Å². The molecule has 0 atom stereocenters. The van der Waals surface area contributed by atoms with Crippen molar-refractivity contribution in [2.45, 2.75) is 20.0 Å². The number of aromatic amines is 1. The molecule has 0 aliphatic carbocycles. The number of rotatable bonds is 7. The Morgan fingerprint density at radius 2 is 1.74 bits per heavy atom. The van der Waals surface area contributed by atoms with Gasteiger partial charge in [-0.3, -0.25) is 14.5 Å². The Labute approximate surface area is 158 Å². The van der Waals surface area contributed by atoms with E-state index >= 15 is 0 Å². The Balaban J connectivity index is 1.66. The predicted molar refractivity (Wildman–Crippen MR) is 106 cm³/mol. The first kappa shape index (κ1) is 18.8. The third kappa shape index (κ3) is 4.80. The summed E-state index contributed by atoms with van der Waals surface area (Å²) in [7, 11) is 1.80. The van der Waals surface area contributed by atoms with E-state index < -0.39 is 0 Å². The summed E-state index contributed by atoms with van der Waals surface area (Å²) < 4.78 is 0. The lowest BCUT2D eigenvalue weighted by atomic mass is 10.2. The topological polar surface area (TPSA) is 69.3 Å². The van der Waals surface area contributed by atoms with Gasteiger partial charge in [0.2, 0.25) is 5.91 Å². The number of carbonyl (C=O) groups is 1. The molecule has 2 aromatic carbocycles. The third-order valence-electron chi connectivity index (χ3n) is 4.53. The van der Waals surface area contributed by atoms with Crippen molar-refractivity contribution in [1.29, 1.82) is 0 Å². The number of nitrogens with zero attached hydrogens (tertiary/aromatic N) is 3. The summed E-state index contributed by atoms with van der Waals surface area (Å²) in [4.78, 5) is 35.8. The molecule has 140 valence electrons. The molecular weight excluding hydrogens is 340 g/mol. The highest BCUT2D eigenvalue weighted by Gasteiger charge is 2.15. The number of hydrogen-bond donors (Lipinski definition) is 1. The molecule has 0 aliphatic heterocycles. The lowest BCUT2D eigenvalue weighted by Crippen LogP contribution is -2.38. The van der Waals surface area contributed by atoms with Crippen LogP contribution in [0, 0.1) is 0 Å². The van der Waals surface area contributed by atoms with E-state index in [1.165, 1.54) is 0 Å². The van der Waals surface area contributed by atoms with Gasteiger partial charge in [0.25, 0.3) is 5.56 Å². The molecule has 0 saturated carbocycles. The molecule has 3 rings (SSSR count). The van der Waals surface area contributed by atoms with E-state index in [0.29, 0.717) is 36.4 Å². The Morgan fingerprint density at radius 1 is 1.04 bits per heavy atom. The minimum atomic E-state index is -0.154. The second-order valence-electron chi connectivity index (χ2n) is 6.57. The van der Waals surface area contributed by atoms with Crippen molar-refractivity contribution in [3.05, 3.63) is 76.3 Å². The summed E-state index contributed by atoms with van der Waals surface area (Å²) in [6.07, 6.45) is 0. The van der Waals surface area contributed by atoms with Crippen molar-refractivity contribution >= 4 is 16.8 Å². The second-order valence-corrected chi connectivity index (χ2v) is 6.57. The van der Waals surface area contributed by atoms with Crippen LogP contribution in [-0.4, -0.2) is 45.8 Å². The van der Waals surface area contributed by atoms with Crippen molar-refractivity contribution in [2.75, 3.05) is 20.1 Å². The maximum absolute atomic E-state index is 12.6. The lowest BCUT2D eigenvalue weighted by molar-refractivity contribution is -0.131. The number of amides is 1. The lowest BCUT2D eigenvalue weighted by Gasteiger charge is -2.23. The number of carbonyl (C=O) groups excluding carboxylic acids is 1. The zero-order valence-electron chi connectivity index (χ0n) is 15.7. The fraction of sp³-hybridized carbons (Fsp3) is 0.286. The van der Waals surface area contributed by atoms with E-state index in [4.69, 9.17) is 0 Å². The van der Waals surface area contributed by atoms with Crippen LogP contribution >= 0.6 is 0 Å². The van der Waals surface area contributed by atoms with Crippen LogP contribution in [0.2, 0.25) is 0 Å². The van der Waals surface area contributed by atoms with Gasteiger partial charge in [-0.25, -0.2) is 4.98 Å². The molecule has 6 heteroatoms. The predicted octanol–water partition coefficient (Wildman–Crippen LogP) is 2.40. The molecule has 0 bridgehead atoms. The molecule has 0 fully saturated rings. The molecule has 6 nitrogen and oxygen atoms in total. The number of fused-ring (bicyclic) bond motifs is 1. The fourth-order valence-electron chi connectivity index (χ4n) is 2.96. The van der Waals surface area contributed by atoms with Gasteiger partial charge in [0.1, 0.15) is 5.82 Å². The van der Waals surface area contributed by atoms with Crippen LogP contribution in [0.3, 0.4) is 0 Å². The first-order valence-corrected chi connectivity index (χ1v) is 9.05. The summed E-state index contributed by atoms with van der Waals surface area (Å²) in [5, 5.41) is 0.572. The van der Waals surface area contributed by atoms with Crippen LogP contribution in [0.4, 0.5) is 0 Å². The van der Waals surface area contributed by atoms with E-state index in [1.54, 1.807) is 18.0 Å². The molecule has 1 amide bonds. The summed E-state index contributed by atoms with van der Waals surface area (Å²) in [5.41, 5.74) is 1.61. The maximum Gasteiger partial charge on any atom is 0.258 e. The first-order chi connectivity index (χ1) is 13.1. The molecule has 1 aromatic heterocycles. The summed E-state index contributed by atoms with van der Waals surface area (Å²) in [6, 6.07) is 17.2. The molecule has 0 saturated heterocycles. The van der Waals surface area contributed by atoms with Crippen molar-refractivity contribution in [1.82, 2.24) is 19.8 Å². The Kier molecular flexibility index (Phi) is 5.98. The number of aromatic nitrogens is 2. The molecule has 1 heterocycles. The summed E-state index contributed by atoms with van der Waals surface area (Å²) in [6.45, 7) is 3.94. The average Bonchev–Trinajstić information content (AvgIpc) is 2.68. The van der Waals surface area contributed by atoms with Crippen LogP contribution in [0.1, 0.15) is 18.3 Å². The van der Waals surface area contributed by atoms with Gasteiger partial charge < -0.3 is 9.88 Å². The highest BCUT2D eigenvalue weighted by Crippen LogP contribution is 2.08. The summed E-state index contributed by atoms with van der Waals surface area (Å²) in [5.74, 6) is 0.600. The second kappa shape index (κ2) is 8.60. The number of H-pyrrole nitrogens is 1. The Morgan fingerprint density at radius 3 is 2.48 bits per heavy atom. The van der Waals surface area contributed by atoms with Gasteiger partial charge in [-0.2, -0.15) is 0 Å². The van der Waals surface area contributed by atoms with E-state index in [-0.39, 0.29) is 18.0 Å². The van der Waals surface area contributed by atoms with Gasteiger partial charge in [0, 0.05) is 13.6 Å². The quantitative estimate of drug-likeness (QED) is 0.699. The largest absolute Gasteiger partial charge is 0.340 e. The van der Waals surface area contributed by atoms with Crippen molar-refractivity contribution in [3.63, 3.8) is 0 Å². The van der Waals surface area contributed by atoms with Gasteiger partial charge in [0.15, 0.2) is 0 Å². The highest BCUT2D eigenvalue weighted by molar-refractivity contribution is 5.78. The molecule has 0 aliphatic rings. The van der Waals surface area contributed by atoms with E-state index in [2.05, 4.69) is 9.97 Å². The zero-order chi connectivity index (χ0) is 19.2. The van der Waals surface area contributed by atoms with Crippen LogP contribution in [0.5, 0.6) is 0 Å². The van der Waals surface area contributed by atoms with E-state index in [1.807, 2.05) is 60.4 Å². The molecule has 0 unspecified atom stereocenters. The standard InChI is InChI=1S/C21H24N4O2/c1-3-25(15-20(26)24(2)13-16-9-5-4-6-10-16)14-19-22-18-12-8-7-11-17(18)21(27)23-19/h4-12H,3,13-15H2,1-2H3,(H,22,23,27). The number of likely N-dealkylation sites (N-methyl/N-ethyl adjacent to an activating group) is 2. The molecule has 0 radical (unpaired) electrons. The third-order valence-corrected chi connectivity index (χ3v) is 4.53. The Bertz CT molecular complexity index is 969. The fourth-order valence-corrected chi connectivity index (χ4v) is 2.96.